The van der Waals surface area contributed by atoms with Crippen LogP contribution in [0.2, 0.25) is 0 Å². The van der Waals surface area contributed by atoms with Crippen molar-refractivity contribution in [2.75, 3.05) is 6.61 Å². The van der Waals surface area contributed by atoms with E-state index in [1.54, 1.807) is 6.92 Å². The van der Waals surface area contributed by atoms with Gasteiger partial charge in [0.25, 0.3) is 0 Å². The van der Waals surface area contributed by atoms with Gasteiger partial charge in [-0.1, -0.05) is 19.1 Å². The number of aryl methyl sites for hydroxylation is 1. The number of hydrogen-bond donors (Lipinski definition) is 1. The fraction of sp³-hybridized carbons (Fsp3) is 0.368. The first kappa shape index (κ1) is 14.4. The van der Waals surface area contributed by atoms with Crippen molar-refractivity contribution >= 4 is 11.6 Å². The Morgan fingerprint density at radius 3 is 2.70 bits per heavy atom. The highest BCUT2D eigenvalue weighted by molar-refractivity contribution is 6.53. The first-order chi connectivity index (χ1) is 11.0. The second kappa shape index (κ2) is 4.65. The molecule has 4 nitrogen and oxygen atoms in total. The molecule has 0 aliphatic heterocycles. The van der Waals surface area contributed by atoms with E-state index in [2.05, 4.69) is 0 Å². The Morgan fingerprint density at radius 1 is 1.22 bits per heavy atom. The highest BCUT2D eigenvalue weighted by atomic mass is 16.3. The maximum absolute atomic E-state index is 12.7. The van der Waals surface area contributed by atoms with Gasteiger partial charge in [-0.05, 0) is 42.9 Å². The summed E-state index contributed by atoms with van der Waals surface area (Å²) in [5.74, 6) is -0.430. The monoisotopic (exact) mass is 310 g/mol. The summed E-state index contributed by atoms with van der Waals surface area (Å²) in [5, 5.41) is 9.81. The molecule has 0 fully saturated rings. The molecular weight excluding hydrogens is 292 g/mol. The Morgan fingerprint density at radius 2 is 1.96 bits per heavy atom. The van der Waals surface area contributed by atoms with Crippen molar-refractivity contribution in [3.8, 4) is 11.3 Å². The van der Waals surface area contributed by atoms with Crippen LogP contribution in [0.5, 0.6) is 0 Å². The maximum atomic E-state index is 12.7. The van der Waals surface area contributed by atoms with Crippen LogP contribution in [0.1, 0.15) is 57.2 Å². The number of fused-ring (bicyclic) bond motifs is 5. The topological polar surface area (TPSA) is 67.5 Å². The first-order valence-corrected chi connectivity index (χ1v) is 7.92. The number of furan rings is 1. The highest BCUT2D eigenvalue weighted by Gasteiger charge is 2.40. The second-order valence-corrected chi connectivity index (χ2v) is 6.87. The van der Waals surface area contributed by atoms with E-state index in [4.69, 9.17) is 4.42 Å². The smallest absolute Gasteiger partial charge is 0.237 e. The molecule has 0 saturated carbocycles. The molecule has 4 rings (SSSR count). The maximum Gasteiger partial charge on any atom is 0.237 e. The summed E-state index contributed by atoms with van der Waals surface area (Å²) in [6.45, 7) is 3.82. The van der Waals surface area contributed by atoms with Crippen molar-refractivity contribution < 1.29 is 19.1 Å². The number of aliphatic hydroxyl groups excluding tert-OH is 1. The number of ketones is 2. The van der Waals surface area contributed by atoms with Crippen LogP contribution in [-0.2, 0) is 11.8 Å². The molecule has 0 unspecified atom stereocenters. The molecule has 2 aliphatic rings. The average Bonchev–Trinajstić information content (AvgIpc) is 2.94. The average molecular weight is 310 g/mol. The molecule has 0 amide bonds. The van der Waals surface area contributed by atoms with Crippen LogP contribution >= 0.6 is 0 Å². The lowest BCUT2D eigenvalue weighted by Gasteiger charge is -2.36. The van der Waals surface area contributed by atoms with Crippen LogP contribution < -0.4 is 0 Å². The van der Waals surface area contributed by atoms with Crippen LogP contribution in [0.3, 0.4) is 0 Å². The number of carbonyl (C=O) groups is 2. The first-order valence-electron chi connectivity index (χ1n) is 7.92. The lowest BCUT2D eigenvalue weighted by atomic mass is 9.68. The number of carbonyl (C=O) groups excluding carboxylic acids is 2. The molecule has 0 radical (unpaired) electrons. The molecule has 2 aliphatic carbocycles. The Hall–Kier alpha value is -2.20. The van der Waals surface area contributed by atoms with Gasteiger partial charge in [-0.3, -0.25) is 9.59 Å². The SMILES string of the molecule is Cc1coc2c1C(=O)C(=O)c1c-2ccc2c1CCC[C@]2(C)CO. The zero-order valence-electron chi connectivity index (χ0n) is 13.2. The lowest BCUT2D eigenvalue weighted by Crippen LogP contribution is -2.34. The minimum absolute atomic E-state index is 0.0338. The van der Waals surface area contributed by atoms with Gasteiger partial charge in [0, 0.05) is 16.5 Å². The molecule has 0 spiro atoms. The zero-order valence-corrected chi connectivity index (χ0v) is 13.2. The van der Waals surface area contributed by atoms with Crippen molar-refractivity contribution in [1.29, 1.82) is 0 Å². The van der Waals surface area contributed by atoms with E-state index in [0.717, 1.165) is 30.4 Å². The van der Waals surface area contributed by atoms with Crippen molar-refractivity contribution in [3.05, 3.63) is 46.2 Å². The van der Waals surface area contributed by atoms with Crippen molar-refractivity contribution in [3.63, 3.8) is 0 Å². The van der Waals surface area contributed by atoms with E-state index < -0.39 is 11.6 Å². The van der Waals surface area contributed by atoms with Crippen LogP contribution in [0, 0.1) is 6.92 Å². The highest BCUT2D eigenvalue weighted by Crippen LogP contribution is 2.44. The molecule has 0 saturated heterocycles. The summed E-state index contributed by atoms with van der Waals surface area (Å²) in [5.41, 5.74) is 3.81. The Balaban J connectivity index is 2.05. The molecule has 0 bridgehead atoms. The molecule has 1 N–H and O–H groups in total. The van der Waals surface area contributed by atoms with E-state index in [1.807, 2.05) is 19.1 Å². The number of hydrogen-bond acceptors (Lipinski definition) is 4. The summed E-state index contributed by atoms with van der Waals surface area (Å²) in [6, 6.07) is 3.84. The van der Waals surface area contributed by atoms with E-state index in [9.17, 15) is 14.7 Å². The van der Waals surface area contributed by atoms with Gasteiger partial charge in [-0.2, -0.15) is 0 Å². The van der Waals surface area contributed by atoms with Gasteiger partial charge in [0.1, 0.15) is 5.76 Å². The summed E-state index contributed by atoms with van der Waals surface area (Å²) < 4.78 is 5.58. The fourth-order valence-electron chi connectivity index (χ4n) is 4.03. The van der Waals surface area contributed by atoms with E-state index >= 15 is 0 Å². The lowest BCUT2D eigenvalue weighted by molar-refractivity contribution is 0.0813. The number of aliphatic hydroxyl groups is 1. The number of Topliss-reactive ketones (excluding diaryl/α,β-unsaturated/α-hetero) is 2. The normalized spacial score (nSPS) is 22.6. The zero-order chi connectivity index (χ0) is 16.4. The van der Waals surface area contributed by atoms with E-state index in [0.29, 0.717) is 28.0 Å². The predicted molar refractivity (Wildman–Crippen MR) is 84.9 cm³/mol. The molecule has 23 heavy (non-hydrogen) atoms. The molecule has 118 valence electrons. The van der Waals surface area contributed by atoms with E-state index in [1.165, 1.54) is 6.26 Å². The van der Waals surface area contributed by atoms with Crippen LogP contribution in [-0.4, -0.2) is 23.3 Å². The minimum atomic E-state index is -0.483. The van der Waals surface area contributed by atoms with Crippen LogP contribution in [0.4, 0.5) is 0 Å². The molecule has 1 heterocycles. The minimum Gasteiger partial charge on any atom is -0.463 e. The molecule has 2 aromatic rings. The quantitative estimate of drug-likeness (QED) is 0.821. The van der Waals surface area contributed by atoms with Crippen LogP contribution in [0.15, 0.2) is 22.8 Å². The Labute approximate surface area is 134 Å². The van der Waals surface area contributed by atoms with Gasteiger partial charge >= 0.3 is 0 Å². The van der Waals surface area contributed by atoms with Gasteiger partial charge in [0.15, 0.2) is 0 Å². The third-order valence-corrected chi connectivity index (χ3v) is 5.35. The van der Waals surface area contributed by atoms with Crippen molar-refractivity contribution in [2.45, 2.75) is 38.5 Å². The van der Waals surface area contributed by atoms with Gasteiger partial charge in [0.2, 0.25) is 11.6 Å². The summed E-state index contributed by atoms with van der Waals surface area (Å²) in [7, 11) is 0. The fourth-order valence-corrected chi connectivity index (χ4v) is 4.03. The Bertz CT molecular complexity index is 858. The third-order valence-electron chi connectivity index (χ3n) is 5.35. The standard InChI is InChI=1S/C19H18O4/c1-10-8-23-18-12-5-6-13-11(4-3-7-19(13,2)9-20)15(12)17(22)16(21)14(10)18/h5-6,8,20H,3-4,7,9H2,1-2H3/t19-/m1/s1. The molecule has 4 heteroatoms. The number of rotatable bonds is 1. The van der Waals surface area contributed by atoms with Gasteiger partial charge in [-0.15, -0.1) is 0 Å². The van der Waals surface area contributed by atoms with Crippen LogP contribution in [0.25, 0.3) is 11.3 Å². The molecular formula is C19H18O4. The summed E-state index contributed by atoms with van der Waals surface area (Å²) >= 11 is 0. The molecule has 1 aromatic carbocycles. The predicted octanol–water partition coefficient (Wildman–Crippen LogP) is 3.22. The Kier molecular flexibility index (Phi) is 2.91. The van der Waals surface area contributed by atoms with Gasteiger partial charge in [-0.25, -0.2) is 0 Å². The van der Waals surface area contributed by atoms with Crippen molar-refractivity contribution in [2.24, 2.45) is 0 Å². The van der Waals surface area contributed by atoms with E-state index in [-0.39, 0.29) is 12.0 Å². The largest absolute Gasteiger partial charge is 0.463 e. The molecule has 1 atom stereocenters. The van der Waals surface area contributed by atoms with Crippen molar-refractivity contribution in [1.82, 2.24) is 0 Å². The molecule has 1 aromatic heterocycles. The second-order valence-electron chi connectivity index (χ2n) is 6.87. The summed E-state index contributed by atoms with van der Waals surface area (Å²) in [4.78, 5) is 25.3. The third kappa shape index (κ3) is 1.75. The number of benzene rings is 1. The van der Waals surface area contributed by atoms with Gasteiger partial charge < -0.3 is 9.52 Å². The van der Waals surface area contributed by atoms with Gasteiger partial charge in [0.05, 0.1) is 18.4 Å². The summed E-state index contributed by atoms with van der Waals surface area (Å²) in [6.07, 6.45) is 4.05.